The van der Waals surface area contributed by atoms with Gasteiger partial charge in [-0.2, -0.15) is 0 Å². The van der Waals surface area contributed by atoms with E-state index >= 15 is 0 Å². The maximum atomic E-state index is 6.02. The van der Waals surface area contributed by atoms with E-state index in [2.05, 4.69) is 12.2 Å². The smallest absolute Gasteiger partial charge is 0.137 e. The predicted molar refractivity (Wildman–Crippen MR) is 71.8 cm³/mol. The summed E-state index contributed by atoms with van der Waals surface area (Å²) in [5.74, 6) is 1.61. The standard InChI is InChI=1S/C14H20ClNO/c1-11-12(8-9-16-11)5-4-10-17-14-7-3-2-6-13(14)15/h2-3,6-7,11-12,16H,4-5,8-10H2,1H3. The highest BCUT2D eigenvalue weighted by Gasteiger charge is 2.21. The van der Waals surface area contributed by atoms with Gasteiger partial charge in [-0.1, -0.05) is 23.7 Å². The van der Waals surface area contributed by atoms with Gasteiger partial charge in [-0.15, -0.1) is 0 Å². The maximum absolute atomic E-state index is 6.02. The van der Waals surface area contributed by atoms with E-state index < -0.39 is 0 Å². The Hall–Kier alpha value is -0.730. The highest BCUT2D eigenvalue weighted by molar-refractivity contribution is 6.32. The van der Waals surface area contributed by atoms with Crippen molar-refractivity contribution >= 4 is 11.6 Å². The highest BCUT2D eigenvalue weighted by atomic mass is 35.5. The summed E-state index contributed by atoms with van der Waals surface area (Å²) in [4.78, 5) is 0. The van der Waals surface area contributed by atoms with Crippen LogP contribution in [0.3, 0.4) is 0 Å². The molecule has 1 aromatic rings. The van der Waals surface area contributed by atoms with Gasteiger partial charge < -0.3 is 10.1 Å². The van der Waals surface area contributed by atoms with E-state index in [0.29, 0.717) is 11.1 Å². The molecule has 0 bridgehead atoms. The molecular weight excluding hydrogens is 234 g/mol. The van der Waals surface area contributed by atoms with Crippen LogP contribution in [0, 0.1) is 5.92 Å². The second kappa shape index (κ2) is 6.27. The van der Waals surface area contributed by atoms with E-state index in [4.69, 9.17) is 16.3 Å². The van der Waals surface area contributed by atoms with Crippen molar-refractivity contribution in [1.29, 1.82) is 0 Å². The van der Waals surface area contributed by atoms with Crippen molar-refractivity contribution in [3.05, 3.63) is 29.3 Å². The number of nitrogens with one attached hydrogen (secondary N) is 1. The van der Waals surface area contributed by atoms with E-state index in [1.165, 1.54) is 12.8 Å². The summed E-state index contributed by atoms with van der Waals surface area (Å²) in [6.07, 6.45) is 3.63. The first-order valence-corrected chi connectivity index (χ1v) is 6.76. The van der Waals surface area contributed by atoms with E-state index in [1.54, 1.807) is 0 Å². The lowest BCUT2D eigenvalue weighted by molar-refractivity contribution is 0.288. The molecular formula is C14H20ClNO. The molecule has 94 valence electrons. The molecule has 0 spiro atoms. The fourth-order valence-electron chi connectivity index (χ4n) is 2.40. The summed E-state index contributed by atoms with van der Waals surface area (Å²) in [7, 11) is 0. The Morgan fingerprint density at radius 3 is 2.94 bits per heavy atom. The third-order valence-electron chi connectivity index (χ3n) is 3.50. The normalized spacial score (nSPS) is 23.9. The van der Waals surface area contributed by atoms with Crippen LogP contribution in [-0.4, -0.2) is 19.2 Å². The van der Waals surface area contributed by atoms with Crippen LogP contribution in [0.5, 0.6) is 5.75 Å². The first-order chi connectivity index (χ1) is 8.27. The van der Waals surface area contributed by atoms with Crippen LogP contribution in [0.2, 0.25) is 5.02 Å². The Morgan fingerprint density at radius 1 is 1.41 bits per heavy atom. The summed E-state index contributed by atoms with van der Waals surface area (Å²) in [5, 5.41) is 4.17. The summed E-state index contributed by atoms with van der Waals surface area (Å²) in [5.41, 5.74) is 0. The quantitative estimate of drug-likeness (QED) is 0.811. The molecule has 2 unspecified atom stereocenters. The molecule has 1 saturated heterocycles. The Bertz CT molecular complexity index is 356. The topological polar surface area (TPSA) is 21.3 Å². The van der Waals surface area contributed by atoms with Gasteiger partial charge in [0.15, 0.2) is 0 Å². The first-order valence-electron chi connectivity index (χ1n) is 6.38. The van der Waals surface area contributed by atoms with E-state index in [-0.39, 0.29) is 0 Å². The molecule has 2 rings (SSSR count). The van der Waals surface area contributed by atoms with Crippen molar-refractivity contribution in [3.8, 4) is 5.75 Å². The van der Waals surface area contributed by atoms with Crippen molar-refractivity contribution < 1.29 is 4.74 Å². The van der Waals surface area contributed by atoms with Gasteiger partial charge in [0, 0.05) is 6.04 Å². The minimum Gasteiger partial charge on any atom is -0.492 e. The van der Waals surface area contributed by atoms with Crippen LogP contribution in [0.1, 0.15) is 26.2 Å². The summed E-state index contributed by atoms with van der Waals surface area (Å²) in [6.45, 7) is 4.19. The molecule has 1 N–H and O–H groups in total. The Balaban J connectivity index is 1.68. The van der Waals surface area contributed by atoms with Crippen LogP contribution >= 0.6 is 11.6 Å². The van der Waals surface area contributed by atoms with Crippen LogP contribution in [0.25, 0.3) is 0 Å². The molecule has 1 fully saturated rings. The third kappa shape index (κ3) is 3.62. The zero-order chi connectivity index (χ0) is 12.1. The predicted octanol–water partition coefficient (Wildman–Crippen LogP) is 3.50. The van der Waals surface area contributed by atoms with E-state index in [0.717, 1.165) is 31.2 Å². The summed E-state index contributed by atoms with van der Waals surface area (Å²) < 4.78 is 5.68. The van der Waals surface area contributed by atoms with Crippen LogP contribution in [-0.2, 0) is 0 Å². The number of rotatable bonds is 5. The first kappa shape index (κ1) is 12.7. The number of halogens is 1. The lowest BCUT2D eigenvalue weighted by atomic mass is 9.97. The van der Waals surface area contributed by atoms with Crippen molar-refractivity contribution in [3.63, 3.8) is 0 Å². The molecule has 2 nitrogen and oxygen atoms in total. The van der Waals surface area contributed by atoms with Crippen LogP contribution < -0.4 is 10.1 Å². The van der Waals surface area contributed by atoms with Gasteiger partial charge in [-0.25, -0.2) is 0 Å². The molecule has 0 aliphatic carbocycles. The molecule has 1 aliphatic heterocycles. The van der Waals surface area contributed by atoms with E-state index in [1.807, 2.05) is 24.3 Å². The van der Waals surface area contributed by atoms with Crippen LogP contribution in [0.4, 0.5) is 0 Å². The van der Waals surface area contributed by atoms with Crippen molar-refractivity contribution in [1.82, 2.24) is 5.32 Å². The van der Waals surface area contributed by atoms with Crippen LogP contribution in [0.15, 0.2) is 24.3 Å². The number of hydrogen-bond acceptors (Lipinski definition) is 2. The molecule has 3 heteroatoms. The largest absolute Gasteiger partial charge is 0.492 e. The molecule has 0 amide bonds. The second-order valence-electron chi connectivity index (χ2n) is 4.71. The number of benzene rings is 1. The van der Waals surface area contributed by atoms with E-state index in [9.17, 15) is 0 Å². The van der Waals surface area contributed by atoms with Gasteiger partial charge in [0.2, 0.25) is 0 Å². The lowest BCUT2D eigenvalue weighted by Gasteiger charge is -2.15. The zero-order valence-electron chi connectivity index (χ0n) is 10.3. The average molecular weight is 254 g/mol. The minimum atomic E-state index is 0.662. The van der Waals surface area contributed by atoms with Gasteiger partial charge in [0.05, 0.1) is 11.6 Å². The second-order valence-corrected chi connectivity index (χ2v) is 5.12. The minimum absolute atomic E-state index is 0.662. The molecule has 2 atom stereocenters. The average Bonchev–Trinajstić information content (AvgIpc) is 2.73. The summed E-state index contributed by atoms with van der Waals surface area (Å²) >= 11 is 6.02. The molecule has 1 aliphatic rings. The molecule has 1 heterocycles. The monoisotopic (exact) mass is 253 g/mol. The number of hydrogen-bond donors (Lipinski definition) is 1. The maximum Gasteiger partial charge on any atom is 0.137 e. The fourth-order valence-corrected chi connectivity index (χ4v) is 2.59. The fraction of sp³-hybridized carbons (Fsp3) is 0.571. The van der Waals surface area contributed by atoms with Crippen molar-refractivity contribution in [2.75, 3.05) is 13.2 Å². The molecule has 0 radical (unpaired) electrons. The Kier molecular flexibility index (Phi) is 4.69. The van der Waals surface area contributed by atoms with Gasteiger partial charge in [-0.3, -0.25) is 0 Å². The van der Waals surface area contributed by atoms with Gasteiger partial charge in [0.25, 0.3) is 0 Å². The molecule has 1 aromatic carbocycles. The molecule has 17 heavy (non-hydrogen) atoms. The van der Waals surface area contributed by atoms with Gasteiger partial charge in [-0.05, 0) is 50.8 Å². The highest BCUT2D eigenvalue weighted by Crippen LogP contribution is 2.24. The molecule has 0 aromatic heterocycles. The van der Waals surface area contributed by atoms with Crippen molar-refractivity contribution in [2.45, 2.75) is 32.2 Å². The number of para-hydroxylation sites is 1. The van der Waals surface area contributed by atoms with Gasteiger partial charge in [0.1, 0.15) is 5.75 Å². The Labute approximate surface area is 108 Å². The molecule has 0 saturated carbocycles. The number of ether oxygens (including phenoxy) is 1. The zero-order valence-corrected chi connectivity index (χ0v) is 11.0. The third-order valence-corrected chi connectivity index (χ3v) is 3.81. The van der Waals surface area contributed by atoms with Gasteiger partial charge >= 0.3 is 0 Å². The lowest BCUT2D eigenvalue weighted by Crippen LogP contribution is -2.22. The summed E-state index contributed by atoms with van der Waals surface area (Å²) in [6, 6.07) is 8.31. The SMILES string of the molecule is CC1NCCC1CCCOc1ccccc1Cl. The Morgan fingerprint density at radius 2 is 2.24 bits per heavy atom. The van der Waals surface area contributed by atoms with Crippen molar-refractivity contribution in [2.24, 2.45) is 5.92 Å².